The van der Waals surface area contributed by atoms with Crippen molar-refractivity contribution in [1.82, 2.24) is 4.90 Å². The van der Waals surface area contributed by atoms with Gasteiger partial charge >= 0.3 is 6.18 Å². The molecule has 1 saturated heterocycles. The number of rotatable bonds is 3. The highest BCUT2D eigenvalue weighted by molar-refractivity contribution is 5.49. The van der Waals surface area contributed by atoms with Crippen molar-refractivity contribution in [3.8, 4) is 0 Å². The number of alkyl halides is 3. The van der Waals surface area contributed by atoms with Crippen LogP contribution in [0, 0.1) is 5.82 Å². The standard InChI is InChI=1S/C15H17F4N/c16-13-7-4-12(5-8-13)6-9-14(15(17,18)19)20-10-2-1-3-11-20/h4-9,14H,1-3,10-11H2/b9-6+. The number of benzene rings is 1. The zero-order valence-corrected chi connectivity index (χ0v) is 11.0. The molecule has 1 fully saturated rings. The molecule has 0 aliphatic carbocycles. The number of halogens is 4. The Morgan fingerprint density at radius 1 is 1.00 bits per heavy atom. The fourth-order valence-corrected chi connectivity index (χ4v) is 2.41. The summed E-state index contributed by atoms with van der Waals surface area (Å²) in [6.07, 6.45) is 0.884. The molecular weight excluding hydrogens is 270 g/mol. The third kappa shape index (κ3) is 4.07. The summed E-state index contributed by atoms with van der Waals surface area (Å²) >= 11 is 0. The molecular formula is C15H17F4N. The monoisotopic (exact) mass is 287 g/mol. The maximum absolute atomic E-state index is 13.1. The minimum absolute atomic E-state index is 0.398. The van der Waals surface area contributed by atoms with Gasteiger partial charge in [-0.15, -0.1) is 0 Å². The number of likely N-dealkylation sites (tertiary alicyclic amines) is 1. The first-order valence-electron chi connectivity index (χ1n) is 6.71. The molecule has 1 aliphatic heterocycles. The highest BCUT2D eigenvalue weighted by Crippen LogP contribution is 2.28. The summed E-state index contributed by atoms with van der Waals surface area (Å²) in [6.45, 7) is 0.940. The van der Waals surface area contributed by atoms with E-state index in [1.165, 1.54) is 41.3 Å². The average Bonchev–Trinajstić information content (AvgIpc) is 2.41. The fraction of sp³-hybridized carbons (Fsp3) is 0.467. The minimum atomic E-state index is -4.28. The van der Waals surface area contributed by atoms with Crippen LogP contribution in [0.1, 0.15) is 24.8 Å². The highest BCUT2D eigenvalue weighted by Gasteiger charge is 2.41. The van der Waals surface area contributed by atoms with Crippen LogP contribution in [0.25, 0.3) is 6.08 Å². The quantitative estimate of drug-likeness (QED) is 0.751. The van der Waals surface area contributed by atoms with E-state index in [4.69, 9.17) is 0 Å². The van der Waals surface area contributed by atoms with Crippen LogP contribution in [0.2, 0.25) is 0 Å². The van der Waals surface area contributed by atoms with Gasteiger partial charge in [-0.25, -0.2) is 4.39 Å². The van der Waals surface area contributed by atoms with Crippen LogP contribution in [-0.4, -0.2) is 30.2 Å². The first-order chi connectivity index (χ1) is 9.47. The molecule has 1 nitrogen and oxygen atoms in total. The normalized spacial score (nSPS) is 19.4. The molecule has 0 bridgehead atoms. The molecule has 1 heterocycles. The van der Waals surface area contributed by atoms with E-state index in [2.05, 4.69) is 0 Å². The second-order valence-electron chi connectivity index (χ2n) is 4.99. The number of nitrogens with zero attached hydrogens (tertiary/aromatic N) is 1. The van der Waals surface area contributed by atoms with Crippen LogP contribution in [0.15, 0.2) is 30.3 Å². The Morgan fingerprint density at radius 2 is 1.60 bits per heavy atom. The lowest BCUT2D eigenvalue weighted by Crippen LogP contribution is -2.46. The molecule has 0 aromatic heterocycles. The lowest BCUT2D eigenvalue weighted by atomic mass is 10.1. The van der Waals surface area contributed by atoms with Crippen molar-refractivity contribution in [2.45, 2.75) is 31.5 Å². The summed E-state index contributed by atoms with van der Waals surface area (Å²) in [5, 5.41) is 0. The largest absolute Gasteiger partial charge is 0.407 e. The van der Waals surface area contributed by atoms with Gasteiger partial charge in [0.2, 0.25) is 0 Å². The Morgan fingerprint density at radius 3 is 2.15 bits per heavy atom. The maximum Gasteiger partial charge on any atom is 0.407 e. The zero-order chi connectivity index (χ0) is 14.6. The molecule has 0 saturated carbocycles. The molecule has 110 valence electrons. The van der Waals surface area contributed by atoms with E-state index in [0.29, 0.717) is 18.7 Å². The van der Waals surface area contributed by atoms with Crippen molar-refractivity contribution < 1.29 is 17.6 Å². The van der Waals surface area contributed by atoms with Gasteiger partial charge in [0, 0.05) is 0 Å². The van der Waals surface area contributed by atoms with Crippen molar-refractivity contribution in [2.75, 3.05) is 13.1 Å². The lowest BCUT2D eigenvalue weighted by molar-refractivity contribution is -0.171. The van der Waals surface area contributed by atoms with Gasteiger partial charge in [0.1, 0.15) is 11.9 Å². The summed E-state index contributed by atoms with van der Waals surface area (Å²) in [6, 6.07) is 3.85. The third-order valence-electron chi connectivity index (χ3n) is 3.46. The van der Waals surface area contributed by atoms with Crippen molar-refractivity contribution in [3.63, 3.8) is 0 Å². The Kier molecular flexibility index (Phi) is 4.81. The van der Waals surface area contributed by atoms with Gasteiger partial charge in [-0.3, -0.25) is 4.90 Å². The van der Waals surface area contributed by atoms with Crippen LogP contribution in [0.3, 0.4) is 0 Å². The first-order valence-corrected chi connectivity index (χ1v) is 6.71. The first kappa shape index (κ1) is 15.0. The molecule has 1 aliphatic rings. The van der Waals surface area contributed by atoms with Gasteiger partial charge in [0.25, 0.3) is 0 Å². The molecule has 1 atom stereocenters. The Bertz CT molecular complexity index is 444. The lowest BCUT2D eigenvalue weighted by Gasteiger charge is -2.33. The maximum atomic E-state index is 13.1. The molecule has 0 radical (unpaired) electrons. The average molecular weight is 287 g/mol. The molecule has 0 amide bonds. The summed E-state index contributed by atoms with van der Waals surface area (Å²) in [5.74, 6) is -0.398. The van der Waals surface area contributed by atoms with Gasteiger partial charge in [-0.1, -0.05) is 30.7 Å². The van der Waals surface area contributed by atoms with E-state index < -0.39 is 18.0 Å². The van der Waals surface area contributed by atoms with E-state index in [1.54, 1.807) is 0 Å². The van der Waals surface area contributed by atoms with Gasteiger partial charge in [-0.2, -0.15) is 13.2 Å². The smallest absolute Gasteiger partial charge is 0.289 e. The van der Waals surface area contributed by atoms with Gasteiger partial charge < -0.3 is 0 Å². The Hall–Kier alpha value is -1.36. The van der Waals surface area contributed by atoms with Gasteiger partial charge in [-0.05, 0) is 43.6 Å². The zero-order valence-electron chi connectivity index (χ0n) is 11.0. The molecule has 20 heavy (non-hydrogen) atoms. The molecule has 1 unspecified atom stereocenters. The Labute approximate surface area is 115 Å². The second kappa shape index (κ2) is 6.39. The van der Waals surface area contributed by atoms with Gasteiger partial charge in [0.05, 0.1) is 0 Å². The number of piperidine rings is 1. The Balaban J connectivity index is 2.12. The van der Waals surface area contributed by atoms with Crippen molar-refractivity contribution >= 4 is 6.08 Å². The minimum Gasteiger partial charge on any atom is -0.289 e. The van der Waals surface area contributed by atoms with Crippen molar-refractivity contribution in [3.05, 3.63) is 41.7 Å². The summed E-state index contributed by atoms with van der Waals surface area (Å²) in [4.78, 5) is 1.46. The summed E-state index contributed by atoms with van der Waals surface area (Å²) < 4.78 is 52.1. The summed E-state index contributed by atoms with van der Waals surface area (Å²) in [7, 11) is 0. The molecule has 2 rings (SSSR count). The van der Waals surface area contributed by atoms with Gasteiger partial charge in [0.15, 0.2) is 0 Å². The summed E-state index contributed by atoms with van der Waals surface area (Å²) in [5.41, 5.74) is 0.567. The fourth-order valence-electron chi connectivity index (χ4n) is 2.41. The predicted molar refractivity (Wildman–Crippen MR) is 70.7 cm³/mol. The van der Waals surface area contributed by atoms with E-state index in [1.807, 2.05) is 0 Å². The van der Waals surface area contributed by atoms with Crippen LogP contribution in [0.5, 0.6) is 0 Å². The van der Waals surface area contributed by atoms with E-state index in [-0.39, 0.29) is 0 Å². The topological polar surface area (TPSA) is 3.24 Å². The van der Waals surface area contributed by atoms with Crippen LogP contribution < -0.4 is 0 Å². The molecule has 1 aromatic carbocycles. The van der Waals surface area contributed by atoms with Crippen molar-refractivity contribution in [1.29, 1.82) is 0 Å². The van der Waals surface area contributed by atoms with Crippen LogP contribution in [0.4, 0.5) is 17.6 Å². The molecule has 0 N–H and O–H groups in total. The van der Waals surface area contributed by atoms with Crippen molar-refractivity contribution in [2.24, 2.45) is 0 Å². The molecule has 5 heteroatoms. The van der Waals surface area contributed by atoms with Crippen LogP contribution in [-0.2, 0) is 0 Å². The second-order valence-corrected chi connectivity index (χ2v) is 4.99. The van der Waals surface area contributed by atoms with E-state index >= 15 is 0 Å². The van der Waals surface area contributed by atoms with E-state index in [9.17, 15) is 17.6 Å². The van der Waals surface area contributed by atoms with Crippen LogP contribution >= 0.6 is 0 Å². The molecule has 0 spiro atoms. The number of hydrogen-bond donors (Lipinski definition) is 0. The predicted octanol–water partition coefficient (Wildman–Crippen LogP) is 4.26. The third-order valence-corrected chi connectivity index (χ3v) is 3.46. The molecule has 1 aromatic rings. The highest BCUT2D eigenvalue weighted by atomic mass is 19.4. The SMILES string of the molecule is Fc1ccc(/C=C/C(N2CCCCC2)C(F)(F)F)cc1. The number of hydrogen-bond acceptors (Lipinski definition) is 1. The van der Waals surface area contributed by atoms with E-state index in [0.717, 1.165) is 19.3 Å².